The SMILES string of the molecule is COCCCC(=O)Nc1cccc(OC/C(N)=N/O)c1. The van der Waals surface area contributed by atoms with E-state index in [9.17, 15) is 4.79 Å². The van der Waals surface area contributed by atoms with Gasteiger partial charge in [0.15, 0.2) is 5.84 Å². The molecule has 20 heavy (non-hydrogen) atoms. The lowest BCUT2D eigenvalue weighted by atomic mass is 10.2. The lowest BCUT2D eigenvalue weighted by molar-refractivity contribution is -0.116. The molecule has 0 aliphatic rings. The van der Waals surface area contributed by atoms with Crippen LogP contribution in [-0.4, -0.2) is 37.3 Å². The number of nitrogens with two attached hydrogens (primary N) is 1. The summed E-state index contributed by atoms with van der Waals surface area (Å²) in [4.78, 5) is 11.6. The van der Waals surface area contributed by atoms with Crippen LogP contribution in [0.2, 0.25) is 0 Å². The van der Waals surface area contributed by atoms with Crippen LogP contribution in [0, 0.1) is 0 Å². The topological polar surface area (TPSA) is 106 Å². The van der Waals surface area contributed by atoms with Crippen LogP contribution < -0.4 is 15.8 Å². The van der Waals surface area contributed by atoms with Crippen LogP contribution in [0.3, 0.4) is 0 Å². The van der Waals surface area contributed by atoms with Gasteiger partial charge in [0.25, 0.3) is 0 Å². The van der Waals surface area contributed by atoms with Crippen molar-refractivity contribution in [1.29, 1.82) is 0 Å². The van der Waals surface area contributed by atoms with Crippen molar-refractivity contribution in [2.45, 2.75) is 12.8 Å². The highest BCUT2D eigenvalue weighted by Crippen LogP contribution is 2.17. The molecule has 0 saturated heterocycles. The van der Waals surface area contributed by atoms with E-state index in [4.69, 9.17) is 20.4 Å². The lowest BCUT2D eigenvalue weighted by Gasteiger charge is -2.08. The molecule has 7 heteroatoms. The second-order valence-electron chi connectivity index (χ2n) is 4.05. The summed E-state index contributed by atoms with van der Waals surface area (Å²) in [6, 6.07) is 6.88. The zero-order valence-corrected chi connectivity index (χ0v) is 11.3. The molecule has 0 bridgehead atoms. The Kier molecular flexibility index (Phi) is 6.91. The Balaban J connectivity index is 2.48. The first kappa shape index (κ1) is 15.8. The van der Waals surface area contributed by atoms with E-state index < -0.39 is 0 Å². The molecule has 7 nitrogen and oxygen atoms in total. The molecular formula is C13H19N3O4. The fraction of sp³-hybridized carbons (Fsp3) is 0.385. The molecule has 0 atom stereocenters. The number of hydrogen-bond donors (Lipinski definition) is 3. The summed E-state index contributed by atoms with van der Waals surface area (Å²) < 4.78 is 10.2. The summed E-state index contributed by atoms with van der Waals surface area (Å²) >= 11 is 0. The maximum absolute atomic E-state index is 11.6. The number of anilines is 1. The van der Waals surface area contributed by atoms with E-state index >= 15 is 0 Å². The smallest absolute Gasteiger partial charge is 0.224 e. The molecule has 110 valence electrons. The molecule has 0 aromatic heterocycles. The second-order valence-corrected chi connectivity index (χ2v) is 4.05. The van der Waals surface area contributed by atoms with Crippen molar-refractivity contribution in [3.05, 3.63) is 24.3 Å². The molecule has 0 heterocycles. The van der Waals surface area contributed by atoms with Gasteiger partial charge in [0.05, 0.1) is 0 Å². The average molecular weight is 281 g/mol. The summed E-state index contributed by atoms with van der Waals surface area (Å²) in [5, 5.41) is 14.0. The van der Waals surface area contributed by atoms with Gasteiger partial charge in [-0.3, -0.25) is 4.79 Å². The minimum Gasteiger partial charge on any atom is -0.485 e. The normalized spacial score (nSPS) is 11.2. The number of carbonyl (C=O) groups is 1. The molecule has 0 saturated carbocycles. The first-order valence-electron chi connectivity index (χ1n) is 6.13. The summed E-state index contributed by atoms with van der Waals surface area (Å²) in [5.74, 6) is 0.404. The van der Waals surface area contributed by atoms with Gasteiger partial charge in [0, 0.05) is 31.9 Å². The summed E-state index contributed by atoms with van der Waals surface area (Å²) in [6.07, 6.45) is 1.06. The van der Waals surface area contributed by atoms with Crippen LogP contribution >= 0.6 is 0 Å². The largest absolute Gasteiger partial charge is 0.485 e. The molecule has 0 unspecified atom stereocenters. The summed E-state index contributed by atoms with van der Waals surface area (Å²) in [7, 11) is 1.60. The van der Waals surface area contributed by atoms with Crippen LogP contribution in [0.25, 0.3) is 0 Å². The molecule has 1 aromatic rings. The Bertz CT molecular complexity index is 463. The predicted molar refractivity (Wildman–Crippen MR) is 75.1 cm³/mol. The summed E-state index contributed by atoms with van der Waals surface area (Å²) in [6.45, 7) is 0.526. The third kappa shape index (κ3) is 6.05. The highest BCUT2D eigenvalue weighted by molar-refractivity contribution is 5.90. The number of nitrogens with zero attached hydrogens (tertiary/aromatic N) is 1. The molecule has 4 N–H and O–H groups in total. The second kappa shape index (κ2) is 8.76. The Labute approximate surface area is 117 Å². The number of ether oxygens (including phenoxy) is 2. The monoisotopic (exact) mass is 281 g/mol. The van der Waals surface area contributed by atoms with Gasteiger partial charge in [-0.15, -0.1) is 0 Å². The number of hydrogen-bond acceptors (Lipinski definition) is 5. The van der Waals surface area contributed by atoms with Crippen molar-refractivity contribution in [3.8, 4) is 5.75 Å². The standard InChI is InChI=1S/C13H19N3O4/c1-19-7-3-6-13(17)15-10-4-2-5-11(8-10)20-9-12(14)16-18/h2,4-5,8,18H,3,6-7,9H2,1H3,(H2,14,16)(H,15,17). The molecule has 1 rings (SSSR count). The van der Waals surface area contributed by atoms with Crippen molar-refractivity contribution in [1.82, 2.24) is 0 Å². The van der Waals surface area contributed by atoms with Crippen molar-refractivity contribution >= 4 is 17.4 Å². The van der Waals surface area contributed by atoms with E-state index in [0.29, 0.717) is 30.9 Å². The van der Waals surface area contributed by atoms with Gasteiger partial charge < -0.3 is 25.7 Å². The molecule has 0 radical (unpaired) electrons. The Hall–Kier alpha value is -2.28. The molecule has 1 aromatic carbocycles. The van der Waals surface area contributed by atoms with Crippen LogP contribution in [0.4, 0.5) is 5.69 Å². The quantitative estimate of drug-likeness (QED) is 0.218. The van der Waals surface area contributed by atoms with Gasteiger partial charge in [-0.2, -0.15) is 0 Å². The van der Waals surface area contributed by atoms with E-state index in [1.807, 2.05) is 0 Å². The van der Waals surface area contributed by atoms with Crippen LogP contribution in [-0.2, 0) is 9.53 Å². The Morgan fingerprint density at radius 1 is 1.50 bits per heavy atom. The third-order valence-electron chi connectivity index (χ3n) is 2.39. The van der Waals surface area contributed by atoms with Crippen LogP contribution in [0.15, 0.2) is 29.4 Å². The lowest BCUT2D eigenvalue weighted by Crippen LogP contribution is -2.20. The predicted octanol–water partition coefficient (Wildman–Crippen LogP) is 1.18. The number of amidine groups is 1. The number of methoxy groups -OCH3 is 1. The highest BCUT2D eigenvalue weighted by Gasteiger charge is 2.04. The van der Waals surface area contributed by atoms with Crippen molar-refractivity contribution in [2.75, 3.05) is 25.6 Å². The van der Waals surface area contributed by atoms with Gasteiger partial charge in [0.1, 0.15) is 12.4 Å². The number of amides is 1. The highest BCUT2D eigenvalue weighted by atomic mass is 16.5. The van der Waals surface area contributed by atoms with Gasteiger partial charge >= 0.3 is 0 Å². The van der Waals surface area contributed by atoms with Crippen molar-refractivity contribution in [3.63, 3.8) is 0 Å². The van der Waals surface area contributed by atoms with E-state index in [1.54, 1.807) is 31.4 Å². The fourth-order valence-electron chi connectivity index (χ4n) is 1.45. The molecule has 0 aliphatic carbocycles. The van der Waals surface area contributed by atoms with E-state index in [1.165, 1.54) is 0 Å². The van der Waals surface area contributed by atoms with E-state index in [-0.39, 0.29) is 18.3 Å². The number of nitrogens with one attached hydrogen (secondary N) is 1. The number of benzene rings is 1. The van der Waals surface area contributed by atoms with Crippen molar-refractivity contribution in [2.24, 2.45) is 10.9 Å². The van der Waals surface area contributed by atoms with Gasteiger partial charge in [-0.25, -0.2) is 0 Å². The van der Waals surface area contributed by atoms with Gasteiger partial charge in [-0.05, 0) is 18.6 Å². The molecular weight excluding hydrogens is 262 g/mol. The Morgan fingerprint density at radius 2 is 2.30 bits per heavy atom. The molecule has 0 spiro atoms. The van der Waals surface area contributed by atoms with Gasteiger partial charge in [0.2, 0.25) is 5.91 Å². The molecule has 1 amide bonds. The van der Waals surface area contributed by atoms with E-state index in [0.717, 1.165) is 0 Å². The zero-order valence-electron chi connectivity index (χ0n) is 11.3. The third-order valence-corrected chi connectivity index (χ3v) is 2.39. The first-order valence-corrected chi connectivity index (χ1v) is 6.13. The van der Waals surface area contributed by atoms with Crippen LogP contribution in [0.5, 0.6) is 5.75 Å². The Morgan fingerprint density at radius 3 is 3.00 bits per heavy atom. The van der Waals surface area contributed by atoms with E-state index in [2.05, 4.69) is 10.5 Å². The maximum atomic E-state index is 11.6. The molecule has 0 aliphatic heterocycles. The first-order chi connectivity index (χ1) is 9.65. The molecule has 0 fully saturated rings. The zero-order chi connectivity index (χ0) is 14.8. The van der Waals surface area contributed by atoms with Crippen molar-refractivity contribution < 1.29 is 19.5 Å². The minimum absolute atomic E-state index is 0.0261. The van der Waals surface area contributed by atoms with Crippen LogP contribution in [0.1, 0.15) is 12.8 Å². The number of oxime groups is 1. The van der Waals surface area contributed by atoms with Gasteiger partial charge in [-0.1, -0.05) is 11.2 Å². The fourth-order valence-corrected chi connectivity index (χ4v) is 1.45. The number of rotatable bonds is 8. The maximum Gasteiger partial charge on any atom is 0.224 e. The minimum atomic E-state index is -0.0874. The summed E-state index contributed by atoms with van der Waals surface area (Å²) in [5.41, 5.74) is 5.93. The number of carbonyl (C=O) groups excluding carboxylic acids is 1. The average Bonchev–Trinajstić information content (AvgIpc) is 2.45.